The molecule has 0 saturated heterocycles. The van der Waals surface area contributed by atoms with Crippen molar-refractivity contribution in [1.29, 1.82) is 0 Å². The number of nitrogens with zero attached hydrogens (tertiary/aromatic N) is 4. The molecular formula is C13H11N5O3. The lowest BCUT2D eigenvalue weighted by Crippen LogP contribution is -2.20. The van der Waals surface area contributed by atoms with E-state index in [9.17, 15) is 14.9 Å². The minimum Gasteiger partial charge on any atom is -0.324 e. The monoisotopic (exact) mass is 285 g/mol. The van der Waals surface area contributed by atoms with Gasteiger partial charge in [0.1, 0.15) is 12.4 Å². The zero-order valence-corrected chi connectivity index (χ0v) is 11.1. The lowest BCUT2D eigenvalue weighted by Gasteiger charge is -2.11. The number of fused-ring (bicyclic) bond motifs is 1. The Morgan fingerprint density at radius 1 is 1.33 bits per heavy atom. The number of amides is 1. The third kappa shape index (κ3) is 2.38. The van der Waals surface area contributed by atoms with Crippen LogP contribution in [-0.2, 0) is 11.2 Å². The smallest absolute Gasteiger partial charge is 0.305 e. The number of hydrogen-bond acceptors (Lipinski definition) is 6. The molecule has 0 aliphatic carbocycles. The largest absolute Gasteiger partial charge is 0.324 e. The summed E-state index contributed by atoms with van der Waals surface area (Å²) in [7, 11) is 1.74. The third-order valence-electron chi connectivity index (χ3n) is 3.26. The molecule has 0 bridgehead atoms. The van der Waals surface area contributed by atoms with Gasteiger partial charge in [-0.2, -0.15) is 0 Å². The van der Waals surface area contributed by atoms with Crippen LogP contribution in [0, 0.1) is 10.1 Å². The van der Waals surface area contributed by atoms with Crippen LogP contribution in [-0.4, -0.2) is 27.8 Å². The molecule has 0 radical (unpaired) electrons. The number of likely N-dealkylation sites (N-methyl/N-ethyl adjacent to an activating group) is 1. The van der Waals surface area contributed by atoms with Crippen molar-refractivity contribution in [3.8, 4) is 0 Å². The number of nitrogens with one attached hydrogen (secondary N) is 1. The number of anilines is 3. The van der Waals surface area contributed by atoms with Gasteiger partial charge in [0.05, 0.1) is 11.3 Å². The molecule has 2 aromatic rings. The number of aromatic nitrogens is 2. The Bertz CT molecular complexity index is 729. The fourth-order valence-electron chi connectivity index (χ4n) is 2.16. The molecule has 1 aliphatic rings. The van der Waals surface area contributed by atoms with Crippen molar-refractivity contribution < 1.29 is 9.72 Å². The number of nitro groups is 1. The summed E-state index contributed by atoms with van der Waals surface area (Å²) in [6.07, 6.45) is 2.64. The van der Waals surface area contributed by atoms with E-state index in [-0.39, 0.29) is 17.5 Å². The average molecular weight is 285 g/mol. The van der Waals surface area contributed by atoms with Gasteiger partial charge in [0, 0.05) is 18.4 Å². The summed E-state index contributed by atoms with van der Waals surface area (Å²) in [5.74, 6) is 0.312. The first-order valence-electron chi connectivity index (χ1n) is 6.17. The van der Waals surface area contributed by atoms with E-state index in [1.54, 1.807) is 18.0 Å². The van der Waals surface area contributed by atoms with Gasteiger partial charge in [-0.05, 0) is 23.8 Å². The van der Waals surface area contributed by atoms with Gasteiger partial charge in [-0.15, -0.1) is 0 Å². The Hall–Kier alpha value is -3.03. The minimum atomic E-state index is -0.555. The SMILES string of the molecule is CN1C(=O)Cc2cc(Nc3ncc([N+](=O)[O-])cn3)ccc21. The zero-order chi connectivity index (χ0) is 15.0. The number of carbonyl (C=O) groups is 1. The predicted molar refractivity (Wildman–Crippen MR) is 75.5 cm³/mol. The number of hydrogen-bond donors (Lipinski definition) is 1. The van der Waals surface area contributed by atoms with Gasteiger partial charge in [-0.1, -0.05) is 0 Å². The Morgan fingerprint density at radius 3 is 2.71 bits per heavy atom. The summed E-state index contributed by atoms with van der Waals surface area (Å²) in [6.45, 7) is 0. The van der Waals surface area contributed by atoms with Gasteiger partial charge in [0.25, 0.3) is 0 Å². The second kappa shape index (κ2) is 4.82. The molecule has 1 aromatic heterocycles. The molecule has 106 valence electrons. The summed E-state index contributed by atoms with van der Waals surface area (Å²) in [5.41, 5.74) is 2.37. The molecule has 1 N–H and O–H groups in total. The van der Waals surface area contributed by atoms with Crippen LogP contribution in [0.3, 0.4) is 0 Å². The Labute approximate surface area is 119 Å². The Balaban J connectivity index is 1.81. The van der Waals surface area contributed by atoms with Crippen molar-refractivity contribution in [2.24, 2.45) is 0 Å². The zero-order valence-electron chi connectivity index (χ0n) is 11.1. The molecule has 3 rings (SSSR count). The number of carbonyl (C=O) groups excluding carboxylic acids is 1. The number of rotatable bonds is 3. The fraction of sp³-hybridized carbons (Fsp3) is 0.154. The molecule has 0 unspecified atom stereocenters. The highest BCUT2D eigenvalue weighted by Crippen LogP contribution is 2.30. The predicted octanol–water partition coefficient (Wildman–Crippen LogP) is 1.65. The summed E-state index contributed by atoms with van der Waals surface area (Å²) in [4.78, 5) is 31.0. The maximum absolute atomic E-state index is 11.6. The molecule has 0 saturated carbocycles. The summed E-state index contributed by atoms with van der Waals surface area (Å²) < 4.78 is 0. The standard InChI is InChI=1S/C13H11N5O3/c1-17-11-3-2-9(4-8(11)5-12(17)19)16-13-14-6-10(7-15-13)18(20)21/h2-4,6-7H,5H2,1H3,(H,14,15,16). The van der Waals surface area contributed by atoms with Crippen molar-refractivity contribution >= 4 is 28.9 Å². The highest BCUT2D eigenvalue weighted by molar-refractivity contribution is 6.01. The molecule has 1 amide bonds. The van der Waals surface area contributed by atoms with E-state index in [1.807, 2.05) is 12.1 Å². The van der Waals surface area contributed by atoms with Crippen molar-refractivity contribution in [3.05, 3.63) is 46.3 Å². The van der Waals surface area contributed by atoms with E-state index in [2.05, 4.69) is 15.3 Å². The first-order valence-corrected chi connectivity index (χ1v) is 6.17. The number of benzene rings is 1. The highest BCUT2D eigenvalue weighted by Gasteiger charge is 2.23. The molecule has 0 fully saturated rings. The molecule has 1 aromatic carbocycles. The van der Waals surface area contributed by atoms with E-state index in [4.69, 9.17) is 0 Å². The molecule has 21 heavy (non-hydrogen) atoms. The average Bonchev–Trinajstić information content (AvgIpc) is 2.74. The molecule has 8 nitrogen and oxygen atoms in total. The Kier molecular flexibility index (Phi) is 2.98. The van der Waals surface area contributed by atoms with Crippen molar-refractivity contribution in [1.82, 2.24) is 9.97 Å². The quantitative estimate of drug-likeness (QED) is 0.679. The second-order valence-corrected chi connectivity index (χ2v) is 4.62. The topological polar surface area (TPSA) is 101 Å². The lowest BCUT2D eigenvalue weighted by atomic mass is 10.1. The maximum atomic E-state index is 11.6. The third-order valence-corrected chi connectivity index (χ3v) is 3.26. The first-order chi connectivity index (χ1) is 10.0. The second-order valence-electron chi connectivity index (χ2n) is 4.62. The molecule has 0 atom stereocenters. The molecule has 2 heterocycles. The molecular weight excluding hydrogens is 274 g/mol. The van der Waals surface area contributed by atoms with Gasteiger partial charge in [0.15, 0.2) is 0 Å². The van der Waals surface area contributed by atoms with Crippen molar-refractivity contribution in [2.75, 3.05) is 17.3 Å². The van der Waals surface area contributed by atoms with Crippen LogP contribution in [0.2, 0.25) is 0 Å². The van der Waals surface area contributed by atoms with Crippen LogP contribution in [0.1, 0.15) is 5.56 Å². The van der Waals surface area contributed by atoms with Crippen LogP contribution in [0.15, 0.2) is 30.6 Å². The van der Waals surface area contributed by atoms with Gasteiger partial charge in [0.2, 0.25) is 11.9 Å². The summed E-state index contributed by atoms with van der Waals surface area (Å²) >= 11 is 0. The van der Waals surface area contributed by atoms with E-state index in [1.165, 1.54) is 0 Å². The minimum absolute atomic E-state index is 0.0498. The van der Waals surface area contributed by atoms with Gasteiger partial charge in [-0.25, -0.2) is 9.97 Å². The van der Waals surface area contributed by atoms with Crippen LogP contribution in [0.5, 0.6) is 0 Å². The molecule has 0 spiro atoms. The fourth-order valence-corrected chi connectivity index (χ4v) is 2.16. The summed E-state index contributed by atoms with van der Waals surface area (Å²) in [6, 6.07) is 5.49. The van der Waals surface area contributed by atoms with Crippen LogP contribution < -0.4 is 10.2 Å². The van der Waals surface area contributed by atoms with Crippen LogP contribution in [0.4, 0.5) is 23.0 Å². The highest BCUT2D eigenvalue weighted by atomic mass is 16.6. The van der Waals surface area contributed by atoms with E-state index in [0.717, 1.165) is 29.3 Å². The van der Waals surface area contributed by atoms with E-state index >= 15 is 0 Å². The van der Waals surface area contributed by atoms with Gasteiger partial charge in [-0.3, -0.25) is 14.9 Å². The van der Waals surface area contributed by atoms with Crippen LogP contribution >= 0.6 is 0 Å². The van der Waals surface area contributed by atoms with Crippen molar-refractivity contribution in [3.63, 3.8) is 0 Å². The van der Waals surface area contributed by atoms with Gasteiger partial charge >= 0.3 is 5.69 Å². The van der Waals surface area contributed by atoms with Gasteiger partial charge < -0.3 is 10.2 Å². The van der Waals surface area contributed by atoms with E-state index < -0.39 is 4.92 Å². The maximum Gasteiger partial charge on any atom is 0.305 e. The Morgan fingerprint density at radius 2 is 2.05 bits per heavy atom. The molecule has 8 heteroatoms. The van der Waals surface area contributed by atoms with E-state index in [0.29, 0.717) is 6.42 Å². The van der Waals surface area contributed by atoms with Crippen molar-refractivity contribution in [2.45, 2.75) is 6.42 Å². The summed E-state index contributed by atoms with van der Waals surface area (Å²) in [5, 5.41) is 13.5. The lowest BCUT2D eigenvalue weighted by molar-refractivity contribution is -0.385. The van der Waals surface area contributed by atoms with Crippen LogP contribution in [0.25, 0.3) is 0 Å². The first kappa shape index (κ1) is 13.0. The normalized spacial score (nSPS) is 13.2. The molecule has 1 aliphatic heterocycles.